The van der Waals surface area contributed by atoms with Crippen LogP contribution in [-0.2, 0) is 5.41 Å². The van der Waals surface area contributed by atoms with Crippen LogP contribution in [0.25, 0.3) is 0 Å². The molecule has 1 unspecified atom stereocenters. The zero-order chi connectivity index (χ0) is 13.2. The van der Waals surface area contributed by atoms with Crippen molar-refractivity contribution in [2.75, 3.05) is 6.61 Å². The lowest BCUT2D eigenvalue weighted by atomic mass is 9.85. The molecule has 1 heterocycles. The highest BCUT2D eigenvalue weighted by Gasteiger charge is 2.32. The Balaban J connectivity index is 2.11. The van der Waals surface area contributed by atoms with Crippen LogP contribution in [0.3, 0.4) is 0 Å². The number of fused-ring (bicyclic) bond motifs is 1. The Labute approximate surface area is 119 Å². The molecule has 0 N–H and O–H groups in total. The summed E-state index contributed by atoms with van der Waals surface area (Å²) in [6.07, 6.45) is 5.11. The molecule has 1 aromatic rings. The average molecular weight is 311 g/mol. The van der Waals surface area contributed by atoms with Gasteiger partial charge in [-0.3, -0.25) is 0 Å². The minimum atomic E-state index is 0.154. The topological polar surface area (TPSA) is 9.23 Å². The summed E-state index contributed by atoms with van der Waals surface area (Å²) in [7, 11) is 0. The van der Waals surface area contributed by atoms with Crippen LogP contribution < -0.4 is 4.74 Å². The molecular weight excluding hydrogens is 288 g/mol. The van der Waals surface area contributed by atoms with Gasteiger partial charge in [-0.05, 0) is 18.1 Å². The van der Waals surface area contributed by atoms with Crippen LogP contribution >= 0.6 is 15.9 Å². The van der Waals surface area contributed by atoms with Gasteiger partial charge in [-0.1, -0.05) is 68.1 Å². The highest BCUT2D eigenvalue weighted by molar-refractivity contribution is 9.09. The average Bonchev–Trinajstić information content (AvgIpc) is 2.65. The highest BCUT2D eigenvalue weighted by atomic mass is 79.9. The normalized spacial score (nSPS) is 18.2. The zero-order valence-corrected chi connectivity index (χ0v) is 13.2. The van der Waals surface area contributed by atoms with Gasteiger partial charge in [0.1, 0.15) is 5.75 Å². The summed E-state index contributed by atoms with van der Waals surface area (Å²) in [6.45, 7) is 7.55. The van der Waals surface area contributed by atoms with E-state index in [9.17, 15) is 0 Å². The third-order valence-electron chi connectivity index (χ3n) is 3.74. The second-order valence-electron chi connectivity index (χ2n) is 5.89. The first-order valence-electron chi connectivity index (χ1n) is 6.96. The van der Waals surface area contributed by atoms with E-state index in [1.807, 2.05) is 0 Å². The minimum Gasteiger partial charge on any atom is -0.492 e. The third-order valence-corrected chi connectivity index (χ3v) is 4.73. The number of hydrogen-bond donors (Lipinski definition) is 0. The predicted molar refractivity (Wildman–Crippen MR) is 80.8 cm³/mol. The van der Waals surface area contributed by atoms with Gasteiger partial charge >= 0.3 is 0 Å². The van der Waals surface area contributed by atoms with E-state index in [4.69, 9.17) is 4.74 Å². The molecule has 1 aromatic carbocycles. The molecule has 2 heteroatoms. The first-order valence-corrected chi connectivity index (χ1v) is 7.87. The van der Waals surface area contributed by atoms with Crippen molar-refractivity contribution in [3.05, 3.63) is 29.3 Å². The van der Waals surface area contributed by atoms with E-state index in [0.29, 0.717) is 4.83 Å². The van der Waals surface area contributed by atoms with E-state index in [1.54, 1.807) is 0 Å². The van der Waals surface area contributed by atoms with Gasteiger partial charge < -0.3 is 4.74 Å². The van der Waals surface area contributed by atoms with E-state index in [0.717, 1.165) is 12.4 Å². The van der Waals surface area contributed by atoms with Crippen molar-refractivity contribution in [2.45, 2.75) is 56.7 Å². The van der Waals surface area contributed by atoms with Crippen LogP contribution in [0.1, 0.15) is 62.4 Å². The molecule has 0 radical (unpaired) electrons. The number of alkyl halides is 1. The molecule has 0 saturated heterocycles. The largest absolute Gasteiger partial charge is 0.492 e. The number of benzene rings is 1. The van der Waals surface area contributed by atoms with Crippen molar-refractivity contribution in [3.63, 3.8) is 0 Å². The summed E-state index contributed by atoms with van der Waals surface area (Å²) in [6, 6.07) is 6.66. The summed E-state index contributed by atoms with van der Waals surface area (Å²) < 4.78 is 5.73. The van der Waals surface area contributed by atoms with Crippen LogP contribution in [0.15, 0.2) is 18.2 Å². The number of halogens is 1. The van der Waals surface area contributed by atoms with E-state index < -0.39 is 0 Å². The molecule has 100 valence electrons. The van der Waals surface area contributed by atoms with Crippen molar-refractivity contribution < 1.29 is 4.74 Å². The molecule has 0 aromatic heterocycles. The van der Waals surface area contributed by atoms with E-state index >= 15 is 0 Å². The Kier molecular flexibility index (Phi) is 4.37. The molecule has 0 fully saturated rings. The lowest BCUT2D eigenvalue weighted by Gasteiger charge is -2.17. The standard InChI is InChI=1S/C16H23BrO/c1-4-5-6-7-14(17)12-8-9-15-13(10-12)16(2,3)11-18-15/h8-10,14H,4-7,11H2,1-3H3. The first-order chi connectivity index (χ1) is 8.54. The summed E-state index contributed by atoms with van der Waals surface area (Å²) in [5.41, 5.74) is 2.91. The van der Waals surface area contributed by atoms with Crippen molar-refractivity contribution in [2.24, 2.45) is 0 Å². The predicted octanol–water partition coefficient (Wildman–Crippen LogP) is 5.37. The maximum atomic E-state index is 5.73. The van der Waals surface area contributed by atoms with Gasteiger partial charge in [0.05, 0.1) is 6.61 Å². The lowest BCUT2D eigenvalue weighted by Crippen LogP contribution is -2.18. The van der Waals surface area contributed by atoms with Gasteiger partial charge in [-0.25, -0.2) is 0 Å². The van der Waals surface area contributed by atoms with Crippen molar-refractivity contribution in [1.82, 2.24) is 0 Å². The van der Waals surface area contributed by atoms with Crippen LogP contribution in [0, 0.1) is 0 Å². The van der Waals surface area contributed by atoms with E-state index in [1.165, 1.54) is 36.8 Å². The van der Waals surface area contributed by atoms with Crippen molar-refractivity contribution in [3.8, 4) is 5.75 Å². The third kappa shape index (κ3) is 2.90. The Morgan fingerprint density at radius 1 is 1.33 bits per heavy atom. The van der Waals surface area contributed by atoms with Gasteiger partial charge in [0.15, 0.2) is 0 Å². The first kappa shape index (κ1) is 13.9. The van der Waals surface area contributed by atoms with Gasteiger partial charge in [0, 0.05) is 15.8 Å². The van der Waals surface area contributed by atoms with Gasteiger partial charge in [0.25, 0.3) is 0 Å². The molecule has 0 aliphatic carbocycles. The van der Waals surface area contributed by atoms with Crippen molar-refractivity contribution in [1.29, 1.82) is 0 Å². The highest BCUT2D eigenvalue weighted by Crippen LogP contribution is 2.41. The molecule has 18 heavy (non-hydrogen) atoms. The quantitative estimate of drug-likeness (QED) is 0.524. The molecule has 0 bridgehead atoms. The lowest BCUT2D eigenvalue weighted by molar-refractivity contribution is 0.291. The van der Waals surface area contributed by atoms with Gasteiger partial charge in [-0.2, -0.15) is 0 Å². The molecule has 2 rings (SSSR count). The van der Waals surface area contributed by atoms with Crippen LogP contribution in [-0.4, -0.2) is 6.61 Å². The fourth-order valence-electron chi connectivity index (χ4n) is 2.47. The Morgan fingerprint density at radius 3 is 2.83 bits per heavy atom. The SMILES string of the molecule is CCCCCC(Br)c1ccc2c(c1)C(C)(C)CO2. The number of hydrogen-bond acceptors (Lipinski definition) is 1. The Hall–Kier alpha value is -0.500. The molecule has 1 atom stereocenters. The number of rotatable bonds is 5. The number of ether oxygens (including phenoxy) is 1. The fourth-order valence-corrected chi connectivity index (χ4v) is 3.08. The zero-order valence-electron chi connectivity index (χ0n) is 11.6. The van der Waals surface area contributed by atoms with E-state index in [-0.39, 0.29) is 5.41 Å². The molecule has 0 spiro atoms. The summed E-state index contributed by atoms with van der Waals surface area (Å²) in [5.74, 6) is 1.07. The second-order valence-corrected chi connectivity index (χ2v) is 7.00. The summed E-state index contributed by atoms with van der Waals surface area (Å²) >= 11 is 3.82. The van der Waals surface area contributed by atoms with Crippen LogP contribution in [0.2, 0.25) is 0 Å². The maximum Gasteiger partial charge on any atom is 0.123 e. The fraction of sp³-hybridized carbons (Fsp3) is 0.625. The van der Waals surface area contributed by atoms with Crippen molar-refractivity contribution >= 4 is 15.9 Å². The van der Waals surface area contributed by atoms with Crippen LogP contribution in [0.4, 0.5) is 0 Å². The van der Waals surface area contributed by atoms with E-state index in [2.05, 4.69) is 54.9 Å². The molecule has 0 amide bonds. The summed E-state index contributed by atoms with van der Waals surface area (Å²) in [4.78, 5) is 0.478. The summed E-state index contributed by atoms with van der Waals surface area (Å²) in [5, 5.41) is 0. The van der Waals surface area contributed by atoms with Gasteiger partial charge in [-0.15, -0.1) is 0 Å². The second kappa shape index (κ2) is 5.64. The molecule has 1 nitrogen and oxygen atoms in total. The Morgan fingerprint density at radius 2 is 2.11 bits per heavy atom. The smallest absolute Gasteiger partial charge is 0.123 e. The maximum absolute atomic E-state index is 5.73. The van der Waals surface area contributed by atoms with Crippen LogP contribution in [0.5, 0.6) is 5.75 Å². The minimum absolute atomic E-state index is 0.154. The molecule has 1 aliphatic rings. The monoisotopic (exact) mass is 310 g/mol. The van der Waals surface area contributed by atoms with Gasteiger partial charge in [0.2, 0.25) is 0 Å². The molecule has 0 saturated carbocycles. The number of unbranched alkanes of at least 4 members (excludes halogenated alkanes) is 2. The Bertz CT molecular complexity index is 412. The molecule has 1 aliphatic heterocycles. The molecular formula is C16H23BrO.